The molecular weight excluding hydrogens is 422 g/mol. The van der Waals surface area contributed by atoms with Crippen molar-refractivity contribution in [3.8, 4) is 0 Å². The first kappa shape index (κ1) is 23.6. The van der Waals surface area contributed by atoms with Crippen LogP contribution >= 0.6 is 0 Å². The molecule has 0 amide bonds. The third-order valence-electron chi connectivity index (χ3n) is 9.59. The Kier molecular flexibility index (Phi) is 6.10. The number of carbonyl (C=O) groups is 1. The molecule has 2 saturated carbocycles. The van der Waals surface area contributed by atoms with E-state index in [1.54, 1.807) is 5.57 Å². The molecule has 0 aromatic heterocycles. The molecule has 0 heterocycles. The van der Waals surface area contributed by atoms with Gasteiger partial charge in [0.1, 0.15) is 0 Å². The van der Waals surface area contributed by atoms with Gasteiger partial charge in [-0.15, -0.1) is 0 Å². The number of hydrogen-bond acceptors (Lipinski definition) is 4. The fourth-order valence-electron chi connectivity index (χ4n) is 7.91. The predicted octanol–water partition coefficient (Wildman–Crippen LogP) is 5.59. The van der Waals surface area contributed by atoms with E-state index in [2.05, 4.69) is 56.3 Å². The van der Waals surface area contributed by atoms with Gasteiger partial charge in [-0.05, 0) is 85.3 Å². The van der Waals surface area contributed by atoms with Gasteiger partial charge in [0.05, 0.1) is 12.2 Å². The number of carbonyl (C=O) groups excluding carboxylic acids is 1. The van der Waals surface area contributed by atoms with E-state index in [1.165, 1.54) is 22.4 Å². The molecule has 0 spiro atoms. The third kappa shape index (κ3) is 3.53. The first-order valence-corrected chi connectivity index (χ1v) is 12.9. The van der Waals surface area contributed by atoms with Gasteiger partial charge in [0.15, 0.2) is 5.78 Å². The quantitative estimate of drug-likeness (QED) is 0.581. The number of ketones is 1. The van der Waals surface area contributed by atoms with Crippen LogP contribution in [0.2, 0.25) is 0 Å². The largest absolute Gasteiger partial charge is 0.392 e. The summed E-state index contributed by atoms with van der Waals surface area (Å²) in [5, 5.41) is 9.57. The Morgan fingerprint density at radius 1 is 1.15 bits per heavy atom. The number of aliphatic hydroxyl groups excluding tert-OH is 1. The summed E-state index contributed by atoms with van der Waals surface area (Å²) in [6.45, 7) is 2.48. The molecule has 4 heteroatoms. The van der Waals surface area contributed by atoms with Gasteiger partial charge in [0.25, 0.3) is 0 Å². The Balaban J connectivity index is 1.66. The highest BCUT2D eigenvalue weighted by Crippen LogP contribution is 2.67. The zero-order chi connectivity index (χ0) is 24.1. The second-order valence-corrected chi connectivity index (χ2v) is 11.2. The molecule has 5 atom stereocenters. The minimum Gasteiger partial charge on any atom is -0.392 e. The number of anilines is 1. The van der Waals surface area contributed by atoms with Crippen LogP contribution in [-0.4, -0.2) is 44.3 Å². The molecule has 0 radical (unpaired) electrons. The molecule has 34 heavy (non-hydrogen) atoms. The van der Waals surface area contributed by atoms with Gasteiger partial charge in [0, 0.05) is 44.6 Å². The Bertz CT molecular complexity index is 1050. The van der Waals surface area contributed by atoms with E-state index in [0.29, 0.717) is 30.0 Å². The summed E-state index contributed by atoms with van der Waals surface area (Å²) in [4.78, 5) is 14.4. The molecular formula is C30H39NO3. The van der Waals surface area contributed by atoms with Crippen LogP contribution in [0.4, 0.5) is 5.69 Å². The van der Waals surface area contributed by atoms with E-state index in [0.717, 1.165) is 38.5 Å². The highest BCUT2D eigenvalue weighted by atomic mass is 16.5. The van der Waals surface area contributed by atoms with Crippen molar-refractivity contribution in [3.05, 3.63) is 64.8 Å². The molecule has 0 aliphatic heterocycles. The summed E-state index contributed by atoms with van der Waals surface area (Å²) < 4.78 is 6.33. The molecule has 5 rings (SSSR count). The van der Waals surface area contributed by atoms with Gasteiger partial charge < -0.3 is 14.7 Å². The monoisotopic (exact) mass is 461 g/mol. The van der Waals surface area contributed by atoms with Gasteiger partial charge in [0.2, 0.25) is 0 Å². The van der Waals surface area contributed by atoms with Gasteiger partial charge in [-0.25, -0.2) is 0 Å². The normalized spacial score (nSPS) is 35.1. The van der Waals surface area contributed by atoms with Crippen molar-refractivity contribution in [2.45, 2.75) is 63.4 Å². The van der Waals surface area contributed by atoms with E-state index >= 15 is 0 Å². The Morgan fingerprint density at radius 2 is 1.91 bits per heavy atom. The third-order valence-corrected chi connectivity index (χ3v) is 9.59. The van der Waals surface area contributed by atoms with E-state index in [1.807, 2.05) is 19.3 Å². The van der Waals surface area contributed by atoms with Gasteiger partial charge in [-0.1, -0.05) is 36.8 Å². The van der Waals surface area contributed by atoms with Gasteiger partial charge in [-0.2, -0.15) is 0 Å². The van der Waals surface area contributed by atoms with E-state index in [-0.39, 0.29) is 17.6 Å². The minimum atomic E-state index is -0.350. The van der Waals surface area contributed by atoms with E-state index in [9.17, 15) is 9.90 Å². The summed E-state index contributed by atoms with van der Waals surface area (Å²) in [5.41, 5.74) is 6.62. The molecule has 4 aliphatic rings. The Labute approximate surface area is 204 Å². The maximum absolute atomic E-state index is 12.2. The standard InChI is InChI=1S/C30H39NO3/c1-29-19-26(20-6-9-22(10-7-20)31(2)3)28-24-13-11-23(33)18-21(24)8-12-25(28)27(29)14-16-30(29,34-4)15-5-17-32/h5-7,9-10,15,18,25-27,32H,8,11-14,16-17,19H2,1-4H3/b15-5-/t25-,26+,27-,29?,30-/m0/s1. The lowest BCUT2D eigenvalue weighted by Crippen LogP contribution is -2.51. The highest BCUT2D eigenvalue weighted by molar-refractivity contribution is 5.93. The van der Waals surface area contributed by atoms with Crippen molar-refractivity contribution < 1.29 is 14.6 Å². The smallest absolute Gasteiger partial charge is 0.156 e. The van der Waals surface area contributed by atoms with Crippen LogP contribution in [0, 0.1) is 17.3 Å². The number of nitrogens with zero attached hydrogens (tertiary/aromatic N) is 1. The molecule has 4 nitrogen and oxygen atoms in total. The van der Waals surface area contributed by atoms with Crippen molar-refractivity contribution in [3.63, 3.8) is 0 Å². The molecule has 1 N–H and O–H groups in total. The summed E-state index contributed by atoms with van der Waals surface area (Å²) >= 11 is 0. The van der Waals surface area contributed by atoms with Crippen LogP contribution in [0.25, 0.3) is 0 Å². The van der Waals surface area contributed by atoms with Crippen molar-refractivity contribution in [1.82, 2.24) is 0 Å². The zero-order valence-electron chi connectivity index (χ0n) is 21.1. The zero-order valence-corrected chi connectivity index (χ0v) is 21.1. The molecule has 4 aliphatic carbocycles. The summed E-state index contributed by atoms with van der Waals surface area (Å²) in [6, 6.07) is 9.09. The summed E-state index contributed by atoms with van der Waals surface area (Å²) in [5.74, 6) is 1.69. The van der Waals surface area contributed by atoms with E-state index in [4.69, 9.17) is 4.74 Å². The molecule has 2 fully saturated rings. The van der Waals surface area contributed by atoms with Crippen LogP contribution in [0.15, 0.2) is 59.2 Å². The molecule has 0 bridgehead atoms. The molecule has 1 unspecified atom stereocenters. The number of rotatable bonds is 5. The number of hydrogen-bond donors (Lipinski definition) is 1. The topological polar surface area (TPSA) is 49.8 Å². The van der Waals surface area contributed by atoms with Crippen LogP contribution in [0.5, 0.6) is 0 Å². The maximum atomic E-state index is 12.2. The van der Waals surface area contributed by atoms with Crippen molar-refractivity contribution >= 4 is 11.5 Å². The lowest BCUT2D eigenvalue weighted by molar-refractivity contribution is -0.114. The SMILES string of the molecule is CO[C@@]1(/C=C\CO)CC[C@H]2[C@@H]3CCC4=CC(=O)CCC4=C3[C@@H](c3ccc(N(C)C)cc3)CC21C. The van der Waals surface area contributed by atoms with Crippen LogP contribution in [-0.2, 0) is 9.53 Å². The van der Waals surface area contributed by atoms with Crippen LogP contribution in [0.3, 0.4) is 0 Å². The minimum absolute atomic E-state index is 0.0151. The van der Waals surface area contributed by atoms with Gasteiger partial charge >= 0.3 is 0 Å². The average molecular weight is 462 g/mol. The molecule has 0 saturated heterocycles. The first-order valence-electron chi connectivity index (χ1n) is 12.9. The summed E-state index contributed by atoms with van der Waals surface area (Å²) in [7, 11) is 6.01. The van der Waals surface area contributed by atoms with Crippen LogP contribution in [0.1, 0.15) is 63.4 Å². The number of fused-ring (bicyclic) bond motifs is 4. The first-order chi connectivity index (χ1) is 16.3. The second-order valence-electron chi connectivity index (χ2n) is 11.2. The number of methoxy groups -OCH3 is 1. The molecule has 182 valence electrons. The van der Waals surface area contributed by atoms with Crippen molar-refractivity contribution in [1.29, 1.82) is 0 Å². The average Bonchev–Trinajstić information content (AvgIpc) is 3.14. The fourth-order valence-corrected chi connectivity index (χ4v) is 7.91. The lowest BCUT2D eigenvalue weighted by atomic mass is 9.51. The van der Waals surface area contributed by atoms with Gasteiger partial charge in [-0.3, -0.25) is 4.79 Å². The number of ether oxygens (including phenoxy) is 1. The van der Waals surface area contributed by atoms with E-state index < -0.39 is 0 Å². The second kappa shape index (κ2) is 8.80. The Hall–Kier alpha value is -2.17. The summed E-state index contributed by atoms with van der Waals surface area (Å²) in [6.07, 6.45) is 12.8. The lowest BCUT2D eigenvalue weighted by Gasteiger charge is -2.55. The van der Waals surface area contributed by atoms with Crippen molar-refractivity contribution in [2.24, 2.45) is 17.3 Å². The Morgan fingerprint density at radius 3 is 2.59 bits per heavy atom. The number of allylic oxidation sites excluding steroid dienone is 4. The molecule has 1 aromatic carbocycles. The van der Waals surface area contributed by atoms with Crippen LogP contribution < -0.4 is 4.90 Å². The predicted molar refractivity (Wildman–Crippen MR) is 137 cm³/mol. The number of benzene rings is 1. The number of aliphatic hydroxyl groups is 1. The van der Waals surface area contributed by atoms with Crippen molar-refractivity contribution in [2.75, 3.05) is 32.7 Å². The maximum Gasteiger partial charge on any atom is 0.156 e. The highest BCUT2D eigenvalue weighted by Gasteiger charge is 2.62. The molecule has 1 aromatic rings. The fraction of sp³-hybridized carbons (Fsp3) is 0.567.